The molecule has 0 amide bonds. The Morgan fingerprint density at radius 1 is 1.75 bits per heavy atom. The SMILES string of the molecule is CC(=O)C(C)N1CCC(CN)C1. The zero-order valence-corrected chi connectivity index (χ0v) is 7.92. The minimum Gasteiger partial charge on any atom is -0.330 e. The molecule has 70 valence electrons. The Morgan fingerprint density at radius 2 is 2.42 bits per heavy atom. The third-order valence-electron chi connectivity index (χ3n) is 2.79. The van der Waals surface area contributed by atoms with Gasteiger partial charge in [-0.05, 0) is 39.3 Å². The van der Waals surface area contributed by atoms with Gasteiger partial charge in [0.25, 0.3) is 0 Å². The van der Waals surface area contributed by atoms with Crippen LogP contribution in [-0.4, -0.2) is 36.4 Å². The zero-order valence-electron chi connectivity index (χ0n) is 7.92. The Hall–Kier alpha value is -0.410. The molecule has 3 nitrogen and oxygen atoms in total. The van der Waals surface area contributed by atoms with Crippen LogP contribution in [0.3, 0.4) is 0 Å². The molecular weight excluding hydrogens is 152 g/mol. The second-order valence-corrected chi connectivity index (χ2v) is 3.67. The number of hydrogen-bond donors (Lipinski definition) is 1. The zero-order chi connectivity index (χ0) is 9.14. The number of ketones is 1. The van der Waals surface area contributed by atoms with Crippen molar-refractivity contribution in [1.82, 2.24) is 4.90 Å². The third-order valence-corrected chi connectivity index (χ3v) is 2.79. The van der Waals surface area contributed by atoms with Gasteiger partial charge in [0.05, 0.1) is 6.04 Å². The van der Waals surface area contributed by atoms with Crippen LogP contribution in [0.2, 0.25) is 0 Å². The van der Waals surface area contributed by atoms with Crippen molar-refractivity contribution in [3.8, 4) is 0 Å². The number of likely N-dealkylation sites (tertiary alicyclic amines) is 1. The Labute approximate surface area is 73.9 Å². The maximum absolute atomic E-state index is 11.1. The Balaban J connectivity index is 2.41. The van der Waals surface area contributed by atoms with Crippen LogP contribution in [0.25, 0.3) is 0 Å². The first-order valence-corrected chi connectivity index (χ1v) is 4.59. The largest absolute Gasteiger partial charge is 0.330 e. The number of nitrogens with two attached hydrogens (primary N) is 1. The van der Waals surface area contributed by atoms with E-state index in [0.29, 0.717) is 5.92 Å². The summed E-state index contributed by atoms with van der Waals surface area (Å²) in [6.45, 7) is 6.41. The van der Waals surface area contributed by atoms with Crippen molar-refractivity contribution in [2.24, 2.45) is 11.7 Å². The highest BCUT2D eigenvalue weighted by atomic mass is 16.1. The lowest BCUT2D eigenvalue weighted by Gasteiger charge is -2.21. The van der Waals surface area contributed by atoms with Crippen molar-refractivity contribution in [3.05, 3.63) is 0 Å². The van der Waals surface area contributed by atoms with Crippen molar-refractivity contribution < 1.29 is 4.79 Å². The Kier molecular flexibility index (Phi) is 3.23. The summed E-state index contributed by atoms with van der Waals surface area (Å²) in [5.74, 6) is 0.861. The molecule has 0 aromatic heterocycles. The van der Waals surface area contributed by atoms with Gasteiger partial charge < -0.3 is 5.73 Å². The summed E-state index contributed by atoms with van der Waals surface area (Å²) < 4.78 is 0. The minimum atomic E-state index is 0.0848. The first-order chi connectivity index (χ1) is 5.65. The maximum atomic E-state index is 11.1. The summed E-state index contributed by atoms with van der Waals surface area (Å²) in [7, 11) is 0. The van der Waals surface area contributed by atoms with Gasteiger partial charge in [-0.3, -0.25) is 9.69 Å². The van der Waals surface area contributed by atoms with Gasteiger partial charge in [0.15, 0.2) is 0 Å². The molecule has 0 aromatic carbocycles. The van der Waals surface area contributed by atoms with Crippen molar-refractivity contribution in [2.45, 2.75) is 26.3 Å². The molecule has 0 bridgehead atoms. The number of carbonyl (C=O) groups excluding carboxylic acids is 1. The first kappa shape index (κ1) is 9.68. The van der Waals surface area contributed by atoms with Gasteiger partial charge in [-0.25, -0.2) is 0 Å². The van der Waals surface area contributed by atoms with E-state index in [9.17, 15) is 4.79 Å². The molecule has 1 aliphatic rings. The summed E-state index contributed by atoms with van der Waals surface area (Å²) in [6, 6.07) is 0.0848. The van der Waals surface area contributed by atoms with Crippen molar-refractivity contribution in [2.75, 3.05) is 19.6 Å². The predicted molar refractivity (Wildman–Crippen MR) is 48.9 cm³/mol. The van der Waals surface area contributed by atoms with Gasteiger partial charge >= 0.3 is 0 Å². The first-order valence-electron chi connectivity index (χ1n) is 4.59. The fourth-order valence-corrected chi connectivity index (χ4v) is 1.66. The lowest BCUT2D eigenvalue weighted by atomic mass is 10.1. The fraction of sp³-hybridized carbons (Fsp3) is 0.889. The molecule has 0 spiro atoms. The highest BCUT2D eigenvalue weighted by Crippen LogP contribution is 2.17. The number of hydrogen-bond acceptors (Lipinski definition) is 3. The second kappa shape index (κ2) is 4.01. The summed E-state index contributed by atoms with van der Waals surface area (Å²) in [5, 5.41) is 0. The van der Waals surface area contributed by atoms with E-state index in [1.807, 2.05) is 6.92 Å². The fourth-order valence-electron chi connectivity index (χ4n) is 1.66. The lowest BCUT2D eigenvalue weighted by Crippen LogP contribution is -2.36. The quantitative estimate of drug-likeness (QED) is 0.660. The molecule has 1 aliphatic heterocycles. The molecule has 3 heteroatoms. The average Bonchev–Trinajstić information content (AvgIpc) is 2.50. The molecule has 0 saturated carbocycles. The van der Waals surface area contributed by atoms with Gasteiger partial charge in [-0.2, -0.15) is 0 Å². The third kappa shape index (κ3) is 2.05. The van der Waals surface area contributed by atoms with Crippen LogP contribution < -0.4 is 5.73 Å². The van der Waals surface area contributed by atoms with Gasteiger partial charge in [-0.1, -0.05) is 0 Å². The topological polar surface area (TPSA) is 46.3 Å². The van der Waals surface area contributed by atoms with Gasteiger partial charge in [0.2, 0.25) is 0 Å². The number of carbonyl (C=O) groups is 1. The molecule has 0 aliphatic carbocycles. The van der Waals surface area contributed by atoms with E-state index in [2.05, 4.69) is 4.90 Å². The molecule has 2 unspecified atom stereocenters. The summed E-state index contributed by atoms with van der Waals surface area (Å²) >= 11 is 0. The van der Waals surface area contributed by atoms with E-state index < -0.39 is 0 Å². The number of nitrogens with zero attached hydrogens (tertiary/aromatic N) is 1. The van der Waals surface area contributed by atoms with E-state index in [1.54, 1.807) is 6.92 Å². The molecule has 1 saturated heterocycles. The normalized spacial score (nSPS) is 27.4. The van der Waals surface area contributed by atoms with E-state index in [0.717, 1.165) is 26.1 Å². The summed E-state index contributed by atoms with van der Waals surface area (Å²) in [4.78, 5) is 13.3. The van der Waals surface area contributed by atoms with Gasteiger partial charge in [-0.15, -0.1) is 0 Å². The molecule has 1 heterocycles. The molecule has 12 heavy (non-hydrogen) atoms. The summed E-state index contributed by atoms with van der Waals surface area (Å²) in [5.41, 5.74) is 5.56. The summed E-state index contributed by atoms with van der Waals surface area (Å²) in [6.07, 6.45) is 1.15. The molecule has 0 radical (unpaired) electrons. The smallest absolute Gasteiger partial charge is 0.146 e. The van der Waals surface area contributed by atoms with E-state index in [4.69, 9.17) is 5.73 Å². The van der Waals surface area contributed by atoms with Crippen LogP contribution >= 0.6 is 0 Å². The van der Waals surface area contributed by atoms with Gasteiger partial charge in [0, 0.05) is 6.54 Å². The van der Waals surface area contributed by atoms with Crippen LogP contribution in [-0.2, 0) is 4.79 Å². The van der Waals surface area contributed by atoms with Crippen molar-refractivity contribution >= 4 is 5.78 Å². The Bertz CT molecular complexity index is 170. The minimum absolute atomic E-state index is 0.0848. The monoisotopic (exact) mass is 170 g/mol. The lowest BCUT2D eigenvalue weighted by molar-refractivity contribution is -0.121. The van der Waals surface area contributed by atoms with E-state index in [-0.39, 0.29) is 11.8 Å². The molecule has 0 aromatic rings. The standard InChI is InChI=1S/C9H18N2O/c1-7(8(2)12)11-4-3-9(5-10)6-11/h7,9H,3-6,10H2,1-2H3. The highest BCUT2D eigenvalue weighted by Gasteiger charge is 2.26. The van der Waals surface area contributed by atoms with Crippen molar-refractivity contribution in [3.63, 3.8) is 0 Å². The highest BCUT2D eigenvalue weighted by molar-refractivity contribution is 5.80. The van der Waals surface area contributed by atoms with Crippen LogP contribution in [0, 0.1) is 5.92 Å². The van der Waals surface area contributed by atoms with Gasteiger partial charge in [0.1, 0.15) is 5.78 Å². The van der Waals surface area contributed by atoms with Crippen LogP contribution in [0.15, 0.2) is 0 Å². The molecule has 2 atom stereocenters. The molecule has 2 N–H and O–H groups in total. The second-order valence-electron chi connectivity index (χ2n) is 3.67. The predicted octanol–water partition coefficient (Wildman–Crippen LogP) is 0.244. The number of rotatable bonds is 3. The van der Waals surface area contributed by atoms with E-state index >= 15 is 0 Å². The average molecular weight is 170 g/mol. The maximum Gasteiger partial charge on any atom is 0.146 e. The Morgan fingerprint density at radius 3 is 2.83 bits per heavy atom. The van der Waals surface area contributed by atoms with E-state index in [1.165, 1.54) is 0 Å². The van der Waals surface area contributed by atoms with Crippen LogP contribution in [0.5, 0.6) is 0 Å². The van der Waals surface area contributed by atoms with Crippen molar-refractivity contribution in [1.29, 1.82) is 0 Å². The molecule has 1 rings (SSSR count). The van der Waals surface area contributed by atoms with Crippen LogP contribution in [0.1, 0.15) is 20.3 Å². The number of Topliss-reactive ketones (excluding diaryl/α,β-unsaturated/α-hetero) is 1. The van der Waals surface area contributed by atoms with Crippen LogP contribution in [0.4, 0.5) is 0 Å². The molecule has 1 fully saturated rings. The molecular formula is C9H18N2O.